The Labute approximate surface area is 115 Å². The van der Waals surface area contributed by atoms with Crippen molar-refractivity contribution >= 4 is 17.7 Å². The molecule has 0 bridgehead atoms. The van der Waals surface area contributed by atoms with Crippen LogP contribution in [0.2, 0.25) is 0 Å². The molecule has 1 unspecified atom stereocenters. The normalized spacial score (nSPS) is 22.5. The SMILES string of the molecule is O=C1CCC(NC(=O)Cc2ccoc2C2CC2)C(=O)N1. The quantitative estimate of drug-likeness (QED) is 0.789. The van der Waals surface area contributed by atoms with Gasteiger partial charge in [0, 0.05) is 17.9 Å². The number of rotatable bonds is 4. The van der Waals surface area contributed by atoms with Gasteiger partial charge < -0.3 is 9.73 Å². The van der Waals surface area contributed by atoms with Crippen molar-refractivity contribution in [2.24, 2.45) is 0 Å². The molecule has 0 spiro atoms. The largest absolute Gasteiger partial charge is 0.469 e. The smallest absolute Gasteiger partial charge is 0.249 e. The third-order valence-electron chi connectivity index (χ3n) is 3.65. The zero-order valence-electron chi connectivity index (χ0n) is 11.0. The number of hydrogen-bond donors (Lipinski definition) is 2. The molecule has 2 heterocycles. The van der Waals surface area contributed by atoms with Crippen LogP contribution >= 0.6 is 0 Å². The number of nitrogens with one attached hydrogen (secondary N) is 2. The van der Waals surface area contributed by atoms with Gasteiger partial charge in [-0.05, 0) is 25.3 Å². The third-order valence-corrected chi connectivity index (χ3v) is 3.65. The molecule has 6 heteroatoms. The van der Waals surface area contributed by atoms with Crippen molar-refractivity contribution in [2.45, 2.75) is 44.1 Å². The van der Waals surface area contributed by atoms with Crippen LogP contribution in [-0.2, 0) is 20.8 Å². The maximum atomic E-state index is 12.0. The first kappa shape index (κ1) is 12.9. The van der Waals surface area contributed by atoms with E-state index in [1.807, 2.05) is 0 Å². The van der Waals surface area contributed by atoms with Crippen LogP contribution in [0.5, 0.6) is 0 Å². The average molecular weight is 276 g/mol. The van der Waals surface area contributed by atoms with Crippen LogP contribution in [0.1, 0.15) is 42.9 Å². The van der Waals surface area contributed by atoms with Gasteiger partial charge in [0.15, 0.2) is 0 Å². The number of amides is 3. The maximum Gasteiger partial charge on any atom is 0.249 e. The summed E-state index contributed by atoms with van der Waals surface area (Å²) in [6, 6.07) is 1.19. The second-order valence-electron chi connectivity index (χ2n) is 5.33. The Bertz CT molecular complexity index is 559. The summed E-state index contributed by atoms with van der Waals surface area (Å²) >= 11 is 0. The molecule has 0 aromatic carbocycles. The molecule has 6 nitrogen and oxygen atoms in total. The van der Waals surface area contributed by atoms with Crippen molar-refractivity contribution in [3.8, 4) is 0 Å². The second-order valence-corrected chi connectivity index (χ2v) is 5.33. The number of imide groups is 1. The van der Waals surface area contributed by atoms with Crippen molar-refractivity contribution in [1.82, 2.24) is 10.6 Å². The Kier molecular flexibility index (Phi) is 3.30. The van der Waals surface area contributed by atoms with Gasteiger partial charge in [0.25, 0.3) is 0 Å². The predicted molar refractivity (Wildman–Crippen MR) is 68.7 cm³/mol. The molecule has 1 saturated heterocycles. The average Bonchev–Trinajstić information content (AvgIpc) is 3.14. The first-order chi connectivity index (χ1) is 9.63. The molecule has 2 aliphatic rings. The van der Waals surface area contributed by atoms with Crippen LogP contribution in [0.15, 0.2) is 16.7 Å². The standard InChI is InChI=1S/C14H16N2O4/c17-11-4-3-10(14(19)16-11)15-12(18)7-9-5-6-20-13(9)8-1-2-8/h5-6,8,10H,1-4,7H2,(H,15,18)(H,16,17,19). The van der Waals surface area contributed by atoms with Gasteiger partial charge in [0.2, 0.25) is 17.7 Å². The Morgan fingerprint density at radius 3 is 2.85 bits per heavy atom. The van der Waals surface area contributed by atoms with E-state index in [1.165, 1.54) is 0 Å². The van der Waals surface area contributed by atoms with Crippen LogP contribution in [-0.4, -0.2) is 23.8 Å². The Morgan fingerprint density at radius 1 is 1.35 bits per heavy atom. The molecule has 1 aliphatic carbocycles. The lowest BCUT2D eigenvalue weighted by molar-refractivity contribution is -0.137. The number of carbonyl (C=O) groups is 3. The number of hydrogen-bond acceptors (Lipinski definition) is 4. The molecular formula is C14H16N2O4. The summed E-state index contributed by atoms with van der Waals surface area (Å²) in [6.45, 7) is 0. The molecule has 20 heavy (non-hydrogen) atoms. The minimum absolute atomic E-state index is 0.208. The summed E-state index contributed by atoms with van der Waals surface area (Å²) in [7, 11) is 0. The molecule has 1 aromatic rings. The Balaban J connectivity index is 1.58. The van der Waals surface area contributed by atoms with Gasteiger partial charge >= 0.3 is 0 Å². The zero-order valence-corrected chi connectivity index (χ0v) is 11.0. The highest BCUT2D eigenvalue weighted by molar-refractivity contribution is 6.01. The molecule has 1 aliphatic heterocycles. The van der Waals surface area contributed by atoms with Gasteiger partial charge in [-0.25, -0.2) is 0 Å². The highest BCUT2D eigenvalue weighted by Gasteiger charge is 2.31. The van der Waals surface area contributed by atoms with E-state index < -0.39 is 11.9 Å². The van der Waals surface area contributed by atoms with E-state index in [9.17, 15) is 14.4 Å². The van der Waals surface area contributed by atoms with Gasteiger partial charge in [-0.3, -0.25) is 19.7 Å². The summed E-state index contributed by atoms with van der Waals surface area (Å²) in [5.41, 5.74) is 0.886. The topological polar surface area (TPSA) is 88.4 Å². The number of furan rings is 1. The van der Waals surface area contributed by atoms with Crippen molar-refractivity contribution in [1.29, 1.82) is 0 Å². The molecule has 106 valence electrons. The third kappa shape index (κ3) is 2.74. The molecule has 1 aromatic heterocycles. The molecule has 2 N–H and O–H groups in total. The highest BCUT2D eigenvalue weighted by Crippen LogP contribution is 2.42. The molecular weight excluding hydrogens is 260 g/mol. The van der Waals surface area contributed by atoms with Crippen LogP contribution in [0, 0.1) is 0 Å². The van der Waals surface area contributed by atoms with Gasteiger partial charge in [-0.1, -0.05) is 0 Å². The fraction of sp³-hybridized carbons (Fsp3) is 0.500. The maximum absolute atomic E-state index is 12.0. The fourth-order valence-corrected chi connectivity index (χ4v) is 2.45. The van der Waals surface area contributed by atoms with Crippen LogP contribution < -0.4 is 10.6 Å². The summed E-state index contributed by atoms with van der Waals surface area (Å²) in [5, 5.41) is 4.89. The fourth-order valence-electron chi connectivity index (χ4n) is 2.45. The second kappa shape index (κ2) is 5.11. The van der Waals surface area contributed by atoms with Gasteiger partial charge in [0.1, 0.15) is 11.8 Å². The van der Waals surface area contributed by atoms with E-state index in [4.69, 9.17) is 4.42 Å². The first-order valence-electron chi connectivity index (χ1n) is 6.83. The first-order valence-corrected chi connectivity index (χ1v) is 6.83. The van der Waals surface area contributed by atoms with Gasteiger partial charge in [-0.2, -0.15) is 0 Å². The van der Waals surface area contributed by atoms with Crippen LogP contribution in [0.4, 0.5) is 0 Å². The lowest BCUT2D eigenvalue weighted by Gasteiger charge is -2.21. The van der Waals surface area contributed by atoms with Crippen LogP contribution in [0.25, 0.3) is 0 Å². The van der Waals surface area contributed by atoms with E-state index in [0.29, 0.717) is 12.3 Å². The van der Waals surface area contributed by atoms with E-state index in [2.05, 4.69) is 10.6 Å². The lowest BCUT2D eigenvalue weighted by atomic mass is 10.1. The highest BCUT2D eigenvalue weighted by atomic mass is 16.3. The number of carbonyl (C=O) groups excluding carboxylic acids is 3. The van der Waals surface area contributed by atoms with Gasteiger partial charge in [0.05, 0.1) is 12.7 Å². The predicted octanol–water partition coefficient (Wildman–Crippen LogP) is 0.621. The summed E-state index contributed by atoms with van der Waals surface area (Å²) in [6.07, 6.45) is 4.64. The molecule has 3 rings (SSSR count). The summed E-state index contributed by atoms with van der Waals surface area (Å²) in [4.78, 5) is 34.6. The van der Waals surface area contributed by atoms with E-state index in [1.54, 1.807) is 12.3 Å². The zero-order chi connectivity index (χ0) is 14.1. The van der Waals surface area contributed by atoms with Crippen molar-refractivity contribution in [3.63, 3.8) is 0 Å². The minimum atomic E-state index is -0.614. The van der Waals surface area contributed by atoms with Crippen molar-refractivity contribution < 1.29 is 18.8 Å². The van der Waals surface area contributed by atoms with Crippen molar-refractivity contribution in [3.05, 3.63) is 23.7 Å². The van der Waals surface area contributed by atoms with Gasteiger partial charge in [-0.15, -0.1) is 0 Å². The molecule has 2 fully saturated rings. The minimum Gasteiger partial charge on any atom is -0.469 e. The van der Waals surface area contributed by atoms with E-state index in [0.717, 1.165) is 24.2 Å². The lowest BCUT2D eigenvalue weighted by Crippen LogP contribution is -2.52. The molecule has 1 atom stereocenters. The molecule has 0 radical (unpaired) electrons. The van der Waals surface area contributed by atoms with Crippen LogP contribution in [0.3, 0.4) is 0 Å². The van der Waals surface area contributed by atoms with E-state index >= 15 is 0 Å². The Morgan fingerprint density at radius 2 is 2.15 bits per heavy atom. The monoisotopic (exact) mass is 276 g/mol. The molecule has 1 saturated carbocycles. The summed E-state index contributed by atoms with van der Waals surface area (Å²) in [5.74, 6) is 0.408. The van der Waals surface area contributed by atoms with E-state index in [-0.39, 0.29) is 24.7 Å². The molecule has 3 amide bonds. The number of piperidine rings is 1. The summed E-state index contributed by atoms with van der Waals surface area (Å²) < 4.78 is 5.41. The van der Waals surface area contributed by atoms with Crippen molar-refractivity contribution in [2.75, 3.05) is 0 Å². The Hall–Kier alpha value is -2.11.